The highest BCUT2D eigenvalue weighted by molar-refractivity contribution is 7.90. The number of hydrogen-bond donors (Lipinski definition) is 2. The van der Waals surface area contributed by atoms with E-state index in [-0.39, 0.29) is 16.9 Å². The van der Waals surface area contributed by atoms with Gasteiger partial charge in [-0.2, -0.15) is 0 Å². The molecule has 0 radical (unpaired) electrons. The molecular formula is C25H22F2N4O4S2. The van der Waals surface area contributed by atoms with Gasteiger partial charge in [-0.25, -0.2) is 31.7 Å². The highest BCUT2D eigenvalue weighted by Gasteiger charge is 2.28. The highest BCUT2D eigenvalue weighted by atomic mass is 32.2. The second-order valence-electron chi connectivity index (χ2n) is 8.28. The zero-order valence-electron chi connectivity index (χ0n) is 19.7. The van der Waals surface area contributed by atoms with E-state index in [1.165, 1.54) is 35.4 Å². The number of aryl methyl sites for hydroxylation is 1. The molecule has 0 aliphatic carbocycles. The van der Waals surface area contributed by atoms with Gasteiger partial charge in [-0.1, -0.05) is 18.2 Å². The molecule has 0 bridgehead atoms. The van der Waals surface area contributed by atoms with Crippen molar-refractivity contribution in [1.29, 1.82) is 0 Å². The molecule has 0 fully saturated rings. The second-order valence-corrected chi connectivity index (χ2v) is 10.8. The molecule has 192 valence electrons. The summed E-state index contributed by atoms with van der Waals surface area (Å²) in [7, 11) is -2.78. The van der Waals surface area contributed by atoms with E-state index in [9.17, 15) is 26.8 Å². The number of hydrogen-bond acceptors (Lipinski definition) is 6. The van der Waals surface area contributed by atoms with Crippen LogP contribution in [-0.4, -0.2) is 38.4 Å². The Balaban J connectivity index is 1.60. The Labute approximate surface area is 216 Å². The molecular weight excluding hydrogens is 522 g/mol. The summed E-state index contributed by atoms with van der Waals surface area (Å²) in [5.74, 6) is -2.34. The molecule has 1 unspecified atom stereocenters. The number of sulfonamides is 1. The molecule has 0 saturated carbocycles. The fourth-order valence-electron chi connectivity index (χ4n) is 3.80. The van der Waals surface area contributed by atoms with Crippen LogP contribution in [-0.2, 0) is 21.2 Å². The molecule has 37 heavy (non-hydrogen) atoms. The summed E-state index contributed by atoms with van der Waals surface area (Å²) in [5.41, 5.74) is 3.32. The summed E-state index contributed by atoms with van der Waals surface area (Å²) in [4.78, 5) is 31.6. The van der Waals surface area contributed by atoms with E-state index < -0.39 is 39.6 Å². The topological polar surface area (TPSA) is 108 Å². The Morgan fingerprint density at radius 1 is 1.05 bits per heavy atom. The van der Waals surface area contributed by atoms with Crippen molar-refractivity contribution >= 4 is 49.2 Å². The van der Waals surface area contributed by atoms with Crippen LogP contribution >= 0.6 is 11.3 Å². The van der Waals surface area contributed by atoms with Gasteiger partial charge >= 0.3 is 6.03 Å². The molecule has 1 atom stereocenters. The van der Waals surface area contributed by atoms with Crippen LogP contribution in [0.4, 0.5) is 19.3 Å². The zero-order valence-corrected chi connectivity index (χ0v) is 21.4. The number of aromatic nitrogens is 1. The Bertz CT molecular complexity index is 1570. The fraction of sp³-hybridized carbons (Fsp3) is 0.160. The minimum absolute atomic E-state index is 0.0984. The molecule has 1 heterocycles. The molecule has 0 aliphatic heterocycles. The first-order valence-electron chi connectivity index (χ1n) is 11.0. The lowest BCUT2D eigenvalue weighted by atomic mass is 10.0. The van der Waals surface area contributed by atoms with Crippen LogP contribution in [0.3, 0.4) is 0 Å². The fourth-order valence-corrected chi connectivity index (χ4v) is 5.62. The standard InChI is InChI=1S/C25H22F2N4O4S2/c1-15-5-3-4-6-23(15)37(34,35)30-25(33)29-21(11-16-9-17(26)12-18(27)10-16)24(32)31(2)19-7-8-22-20(13-19)28-14-36-22/h3-10,12-14,21H,11H2,1-2H3,(H2,29,30,33). The third-order valence-electron chi connectivity index (χ3n) is 5.61. The van der Waals surface area contributed by atoms with Crippen LogP contribution in [0.25, 0.3) is 10.2 Å². The van der Waals surface area contributed by atoms with Crippen molar-refractivity contribution in [2.75, 3.05) is 11.9 Å². The minimum atomic E-state index is -4.25. The molecule has 12 heteroatoms. The van der Waals surface area contributed by atoms with Gasteiger partial charge in [0.25, 0.3) is 10.0 Å². The largest absolute Gasteiger partial charge is 0.329 e. The van der Waals surface area contributed by atoms with Crippen molar-refractivity contribution in [2.24, 2.45) is 0 Å². The second kappa shape index (κ2) is 10.6. The molecule has 4 rings (SSSR count). The average molecular weight is 545 g/mol. The van der Waals surface area contributed by atoms with Crippen molar-refractivity contribution in [2.45, 2.75) is 24.3 Å². The Morgan fingerprint density at radius 3 is 2.46 bits per heavy atom. The maximum Gasteiger partial charge on any atom is 0.329 e. The van der Waals surface area contributed by atoms with Crippen LogP contribution in [0.1, 0.15) is 11.1 Å². The number of likely N-dealkylation sites (N-methyl/N-ethyl adjacent to an activating group) is 1. The van der Waals surface area contributed by atoms with Crippen LogP contribution in [0.2, 0.25) is 0 Å². The number of anilines is 1. The first-order chi connectivity index (χ1) is 17.5. The number of amides is 3. The maximum absolute atomic E-state index is 13.8. The Morgan fingerprint density at radius 2 is 1.76 bits per heavy atom. The van der Waals surface area contributed by atoms with Crippen LogP contribution in [0.5, 0.6) is 0 Å². The predicted octanol–water partition coefficient (Wildman–Crippen LogP) is 4.15. The van der Waals surface area contributed by atoms with E-state index in [0.717, 1.165) is 16.8 Å². The van der Waals surface area contributed by atoms with Gasteiger partial charge in [0.1, 0.15) is 17.7 Å². The van der Waals surface area contributed by atoms with E-state index in [2.05, 4.69) is 10.3 Å². The minimum Gasteiger partial charge on any atom is -0.325 e. The summed E-state index contributed by atoms with van der Waals surface area (Å²) < 4.78 is 55.9. The van der Waals surface area contributed by atoms with Gasteiger partial charge in [-0.15, -0.1) is 11.3 Å². The molecule has 0 spiro atoms. The normalized spacial score (nSPS) is 12.2. The number of nitrogens with zero attached hydrogens (tertiary/aromatic N) is 2. The van der Waals surface area contributed by atoms with E-state index in [1.807, 2.05) is 4.72 Å². The van der Waals surface area contributed by atoms with Crippen molar-refractivity contribution in [3.63, 3.8) is 0 Å². The Hall–Kier alpha value is -3.90. The lowest BCUT2D eigenvalue weighted by Gasteiger charge is -2.25. The molecule has 3 amide bonds. The Kier molecular flexibility index (Phi) is 7.50. The maximum atomic E-state index is 13.8. The number of urea groups is 1. The van der Waals surface area contributed by atoms with Crippen molar-refractivity contribution in [1.82, 2.24) is 15.0 Å². The lowest BCUT2D eigenvalue weighted by molar-refractivity contribution is -0.120. The highest BCUT2D eigenvalue weighted by Crippen LogP contribution is 2.24. The third-order valence-corrected chi connectivity index (χ3v) is 7.91. The molecule has 1 aromatic heterocycles. The summed E-state index contributed by atoms with van der Waals surface area (Å²) >= 11 is 1.43. The molecule has 8 nitrogen and oxygen atoms in total. The number of benzene rings is 3. The third kappa shape index (κ3) is 6.09. The van der Waals surface area contributed by atoms with Gasteiger partial charge in [0, 0.05) is 25.2 Å². The number of fused-ring (bicyclic) bond motifs is 1. The summed E-state index contributed by atoms with van der Waals surface area (Å²) in [5, 5.41) is 2.35. The van der Waals surface area contributed by atoms with Crippen LogP contribution in [0, 0.1) is 18.6 Å². The van der Waals surface area contributed by atoms with Crippen molar-refractivity contribution in [3.8, 4) is 0 Å². The van der Waals surface area contributed by atoms with Gasteiger partial charge in [-0.3, -0.25) is 4.79 Å². The smallest absolute Gasteiger partial charge is 0.325 e. The van der Waals surface area contributed by atoms with Gasteiger partial charge in [0.05, 0.1) is 20.6 Å². The average Bonchev–Trinajstić information content (AvgIpc) is 3.30. The first kappa shape index (κ1) is 26.2. The van der Waals surface area contributed by atoms with Gasteiger partial charge in [0.15, 0.2) is 0 Å². The summed E-state index contributed by atoms with van der Waals surface area (Å²) in [6, 6.07) is 11.5. The van der Waals surface area contributed by atoms with E-state index in [0.29, 0.717) is 22.8 Å². The van der Waals surface area contributed by atoms with E-state index in [4.69, 9.17) is 0 Å². The van der Waals surface area contributed by atoms with Gasteiger partial charge < -0.3 is 10.2 Å². The van der Waals surface area contributed by atoms with E-state index in [1.54, 1.807) is 42.8 Å². The molecule has 4 aromatic rings. The lowest BCUT2D eigenvalue weighted by Crippen LogP contribution is -2.52. The van der Waals surface area contributed by atoms with Crippen molar-refractivity contribution < 1.29 is 26.8 Å². The van der Waals surface area contributed by atoms with Crippen molar-refractivity contribution in [3.05, 3.63) is 88.9 Å². The zero-order chi connectivity index (χ0) is 26.7. The number of halogens is 2. The van der Waals surface area contributed by atoms with Gasteiger partial charge in [-0.05, 0) is 54.4 Å². The van der Waals surface area contributed by atoms with Crippen LogP contribution in [0.15, 0.2) is 71.1 Å². The molecule has 2 N–H and O–H groups in total. The van der Waals surface area contributed by atoms with Gasteiger partial charge in [0.2, 0.25) is 5.91 Å². The number of rotatable bonds is 7. The summed E-state index contributed by atoms with van der Waals surface area (Å²) in [6.07, 6.45) is -0.297. The number of carbonyl (C=O) groups is 2. The molecule has 3 aromatic carbocycles. The number of carbonyl (C=O) groups excluding carboxylic acids is 2. The van der Waals surface area contributed by atoms with Crippen LogP contribution < -0.4 is 14.9 Å². The monoisotopic (exact) mass is 544 g/mol. The molecule has 0 aliphatic rings. The predicted molar refractivity (Wildman–Crippen MR) is 137 cm³/mol. The van der Waals surface area contributed by atoms with E-state index >= 15 is 0 Å². The number of nitrogens with one attached hydrogen (secondary N) is 2. The first-order valence-corrected chi connectivity index (χ1v) is 13.3. The molecule has 0 saturated heterocycles. The SMILES string of the molecule is Cc1ccccc1S(=O)(=O)NC(=O)NC(Cc1cc(F)cc(F)c1)C(=O)N(C)c1ccc2scnc2c1. The quantitative estimate of drug-likeness (QED) is 0.364. The summed E-state index contributed by atoms with van der Waals surface area (Å²) in [6.45, 7) is 1.57. The number of thiazole rings is 1.